The number of benzene rings is 1. The van der Waals surface area contributed by atoms with Gasteiger partial charge in [0, 0.05) is 12.8 Å². The van der Waals surface area contributed by atoms with Gasteiger partial charge in [-0.2, -0.15) is 0 Å². The fourth-order valence-corrected chi connectivity index (χ4v) is 1.66. The van der Waals surface area contributed by atoms with Crippen molar-refractivity contribution in [2.24, 2.45) is 0 Å². The first-order valence-electron chi connectivity index (χ1n) is 5.80. The van der Waals surface area contributed by atoms with Crippen LogP contribution >= 0.6 is 0 Å². The number of hydrogen-bond acceptors (Lipinski definition) is 1. The van der Waals surface area contributed by atoms with Crippen molar-refractivity contribution < 1.29 is 4.79 Å². The van der Waals surface area contributed by atoms with Crippen LogP contribution in [0, 0.1) is 6.92 Å². The Kier molecular flexibility index (Phi) is 5.09. The lowest BCUT2D eigenvalue weighted by Crippen LogP contribution is -2.00. The summed E-state index contributed by atoms with van der Waals surface area (Å²) < 4.78 is 0. The molecule has 0 unspecified atom stereocenters. The van der Waals surface area contributed by atoms with E-state index < -0.39 is 0 Å². The summed E-state index contributed by atoms with van der Waals surface area (Å²) in [5, 5.41) is 0. The molecule has 0 amide bonds. The Labute approximate surface area is 92.5 Å². The van der Waals surface area contributed by atoms with Crippen LogP contribution in [0.25, 0.3) is 0 Å². The van der Waals surface area contributed by atoms with Crippen LogP contribution in [0.3, 0.4) is 0 Å². The highest BCUT2D eigenvalue weighted by Crippen LogP contribution is 2.10. The molecule has 0 spiro atoms. The maximum absolute atomic E-state index is 11.5. The average molecular weight is 204 g/mol. The Morgan fingerprint density at radius 3 is 2.60 bits per heavy atom. The fraction of sp³-hybridized carbons (Fsp3) is 0.500. The number of ketones is 1. The van der Waals surface area contributed by atoms with Crippen LogP contribution in [0.2, 0.25) is 0 Å². The highest BCUT2D eigenvalue weighted by atomic mass is 16.1. The van der Waals surface area contributed by atoms with Gasteiger partial charge in [-0.1, -0.05) is 37.6 Å². The third-order valence-electron chi connectivity index (χ3n) is 2.74. The molecule has 0 aliphatic carbocycles. The molecule has 0 atom stereocenters. The van der Waals surface area contributed by atoms with E-state index in [0.717, 1.165) is 25.7 Å². The molecule has 1 rings (SSSR count). The van der Waals surface area contributed by atoms with Gasteiger partial charge in [0.15, 0.2) is 0 Å². The summed E-state index contributed by atoms with van der Waals surface area (Å²) in [6, 6.07) is 8.30. The summed E-state index contributed by atoms with van der Waals surface area (Å²) in [4.78, 5) is 11.5. The number of Topliss-reactive ketones (excluding diaryl/α,β-unsaturated/α-hetero) is 1. The maximum Gasteiger partial charge on any atom is 0.133 e. The van der Waals surface area contributed by atoms with E-state index >= 15 is 0 Å². The molecule has 15 heavy (non-hydrogen) atoms. The number of carbonyl (C=O) groups is 1. The monoisotopic (exact) mass is 204 g/mol. The SMILES string of the molecule is CCCCC(=O)CCc1ccccc1C. The summed E-state index contributed by atoms with van der Waals surface area (Å²) in [5.74, 6) is 0.403. The molecule has 0 aliphatic rings. The Bertz CT molecular complexity index is 315. The Morgan fingerprint density at radius 2 is 1.93 bits per heavy atom. The van der Waals surface area contributed by atoms with E-state index in [1.165, 1.54) is 11.1 Å². The number of hydrogen-bond donors (Lipinski definition) is 0. The minimum atomic E-state index is 0.403. The third kappa shape index (κ3) is 4.28. The van der Waals surface area contributed by atoms with Crippen molar-refractivity contribution >= 4 is 5.78 Å². The molecular formula is C14H20O. The standard InChI is InChI=1S/C14H20O/c1-3-4-9-14(15)11-10-13-8-6-5-7-12(13)2/h5-8H,3-4,9-11H2,1-2H3. The summed E-state index contributed by atoms with van der Waals surface area (Å²) in [5.41, 5.74) is 2.60. The Hall–Kier alpha value is -1.11. The largest absolute Gasteiger partial charge is 0.300 e. The van der Waals surface area contributed by atoms with Gasteiger partial charge >= 0.3 is 0 Å². The van der Waals surface area contributed by atoms with Crippen LogP contribution in [0.1, 0.15) is 43.7 Å². The van der Waals surface area contributed by atoms with E-state index in [1.807, 2.05) is 12.1 Å². The Balaban J connectivity index is 2.37. The molecule has 1 aromatic rings. The summed E-state index contributed by atoms with van der Waals surface area (Å²) in [6.45, 7) is 4.22. The molecule has 0 radical (unpaired) electrons. The predicted molar refractivity (Wildman–Crippen MR) is 64.0 cm³/mol. The lowest BCUT2D eigenvalue weighted by atomic mass is 10.0. The predicted octanol–water partition coefficient (Wildman–Crippen LogP) is 3.69. The molecule has 1 nitrogen and oxygen atoms in total. The molecule has 0 bridgehead atoms. The van der Waals surface area contributed by atoms with Gasteiger partial charge in [0.2, 0.25) is 0 Å². The first-order valence-corrected chi connectivity index (χ1v) is 5.80. The molecule has 0 saturated heterocycles. The van der Waals surface area contributed by atoms with Gasteiger partial charge in [-0.05, 0) is 30.9 Å². The minimum absolute atomic E-state index is 0.403. The van der Waals surface area contributed by atoms with Crippen LogP contribution in [0.5, 0.6) is 0 Å². The van der Waals surface area contributed by atoms with Crippen LogP contribution in [-0.4, -0.2) is 5.78 Å². The molecule has 82 valence electrons. The molecule has 0 aliphatic heterocycles. The van der Waals surface area contributed by atoms with Crippen LogP contribution < -0.4 is 0 Å². The van der Waals surface area contributed by atoms with Gasteiger partial charge in [0.1, 0.15) is 5.78 Å². The second-order valence-corrected chi connectivity index (χ2v) is 4.07. The maximum atomic E-state index is 11.5. The topological polar surface area (TPSA) is 17.1 Å². The molecule has 0 fully saturated rings. The van der Waals surface area contributed by atoms with E-state index in [0.29, 0.717) is 12.2 Å². The molecule has 1 aromatic carbocycles. The summed E-state index contributed by atoms with van der Waals surface area (Å²) in [7, 11) is 0. The lowest BCUT2D eigenvalue weighted by molar-refractivity contribution is -0.119. The zero-order chi connectivity index (χ0) is 11.1. The van der Waals surface area contributed by atoms with Gasteiger partial charge in [-0.25, -0.2) is 0 Å². The van der Waals surface area contributed by atoms with Crippen molar-refractivity contribution in [1.29, 1.82) is 0 Å². The van der Waals surface area contributed by atoms with Crippen molar-refractivity contribution in [1.82, 2.24) is 0 Å². The fourth-order valence-electron chi connectivity index (χ4n) is 1.66. The van der Waals surface area contributed by atoms with Gasteiger partial charge in [0.05, 0.1) is 0 Å². The molecule has 1 heteroatoms. The summed E-state index contributed by atoms with van der Waals surface area (Å²) >= 11 is 0. The number of aryl methyl sites for hydroxylation is 2. The Morgan fingerprint density at radius 1 is 1.20 bits per heavy atom. The highest BCUT2D eigenvalue weighted by molar-refractivity contribution is 5.78. The van der Waals surface area contributed by atoms with Crippen molar-refractivity contribution in [2.45, 2.75) is 46.0 Å². The zero-order valence-electron chi connectivity index (χ0n) is 9.75. The van der Waals surface area contributed by atoms with Crippen LogP contribution in [-0.2, 0) is 11.2 Å². The lowest BCUT2D eigenvalue weighted by Gasteiger charge is -2.04. The number of carbonyl (C=O) groups excluding carboxylic acids is 1. The van der Waals surface area contributed by atoms with Crippen molar-refractivity contribution in [3.63, 3.8) is 0 Å². The third-order valence-corrected chi connectivity index (χ3v) is 2.74. The quantitative estimate of drug-likeness (QED) is 0.690. The zero-order valence-corrected chi connectivity index (χ0v) is 9.75. The second-order valence-electron chi connectivity index (χ2n) is 4.07. The summed E-state index contributed by atoms with van der Waals surface area (Å²) in [6.07, 6.45) is 4.49. The second kappa shape index (κ2) is 6.39. The number of unbranched alkanes of at least 4 members (excludes halogenated alkanes) is 1. The van der Waals surface area contributed by atoms with E-state index in [9.17, 15) is 4.79 Å². The van der Waals surface area contributed by atoms with Crippen LogP contribution in [0.15, 0.2) is 24.3 Å². The number of rotatable bonds is 6. The van der Waals surface area contributed by atoms with Gasteiger partial charge < -0.3 is 0 Å². The average Bonchev–Trinajstić information content (AvgIpc) is 2.25. The molecule has 0 aromatic heterocycles. The molecular weight excluding hydrogens is 184 g/mol. The highest BCUT2D eigenvalue weighted by Gasteiger charge is 2.03. The first-order chi connectivity index (χ1) is 7.24. The van der Waals surface area contributed by atoms with Crippen molar-refractivity contribution in [3.8, 4) is 0 Å². The molecule has 0 heterocycles. The minimum Gasteiger partial charge on any atom is -0.300 e. The van der Waals surface area contributed by atoms with Gasteiger partial charge in [0.25, 0.3) is 0 Å². The van der Waals surface area contributed by atoms with Gasteiger partial charge in [-0.15, -0.1) is 0 Å². The van der Waals surface area contributed by atoms with E-state index in [1.54, 1.807) is 0 Å². The van der Waals surface area contributed by atoms with Crippen molar-refractivity contribution in [2.75, 3.05) is 0 Å². The van der Waals surface area contributed by atoms with Gasteiger partial charge in [-0.3, -0.25) is 4.79 Å². The van der Waals surface area contributed by atoms with Crippen molar-refractivity contribution in [3.05, 3.63) is 35.4 Å². The van der Waals surface area contributed by atoms with E-state index in [4.69, 9.17) is 0 Å². The molecule has 0 saturated carbocycles. The van der Waals surface area contributed by atoms with E-state index in [-0.39, 0.29) is 0 Å². The smallest absolute Gasteiger partial charge is 0.133 e. The van der Waals surface area contributed by atoms with E-state index in [2.05, 4.69) is 26.0 Å². The first kappa shape index (κ1) is 12.0. The van der Waals surface area contributed by atoms with Crippen LogP contribution in [0.4, 0.5) is 0 Å². The normalized spacial score (nSPS) is 10.3. The molecule has 0 N–H and O–H groups in total.